The number of aliphatic imine (C=N–C) groups is 1. The molecule has 0 atom stereocenters. The lowest BCUT2D eigenvalue weighted by Crippen LogP contribution is -2.35. The van der Waals surface area contributed by atoms with Gasteiger partial charge in [-0.1, -0.05) is 55.8 Å². The second kappa shape index (κ2) is 8.45. The Balaban J connectivity index is 1.65. The van der Waals surface area contributed by atoms with Crippen LogP contribution in [-0.2, 0) is 11.4 Å². The number of hydrazone groups is 1. The molecule has 152 valence electrons. The van der Waals surface area contributed by atoms with Crippen molar-refractivity contribution in [2.24, 2.45) is 16.0 Å². The lowest BCUT2D eigenvalue weighted by molar-refractivity contribution is -0.114. The molecule has 2 aliphatic heterocycles. The zero-order chi connectivity index (χ0) is 21.3. The summed E-state index contributed by atoms with van der Waals surface area (Å²) in [6.07, 6.45) is 1.59. The first kappa shape index (κ1) is 20.4. The topological polar surface area (TPSA) is 78.1 Å². The molecule has 0 saturated heterocycles. The van der Waals surface area contributed by atoms with Gasteiger partial charge >= 0.3 is 0 Å². The van der Waals surface area contributed by atoms with Gasteiger partial charge in [-0.3, -0.25) is 10.2 Å². The minimum absolute atomic E-state index is 0.0119. The number of halogens is 1. The minimum Gasteiger partial charge on any atom is -0.488 e. The summed E-state index contributed by atoms with van der Waals surface area (Å²) in [6, 6.07) is 15.0. The number of carbonyl (C=O) groups is 1. The molecule has 0 aliphatic carbocycles. The third kappa shape index (κ3) is 4.17. The molecule has 4 rings (SSSR count). The summed E-state index contributed by atoms with van der Waals surface area (Å²) in [5, 5.41) is 16.1. The molecule has 0 bridgehead atoms. The van der Waals surface area contributed by atoms with E-state index in [0.717, 1.165) is 10.6 Å². The van der Waals surface area contributed by atoms with Crippen molar-refractivity contribution < 1.29 is 9.53 Å². The first-order chi connectivity index (χ1) is 14.4. The SMILES string of the molecule is CC(C)C1=NN2C(=N)C(=Cc3cc(Cl)ccc3OCc3ccccc3)C(=O)N=C2S1. The number of nitrogens with one attached hydrogen (secondary N) is 1. The highest BCUT2D eigenvalue weighted by molar-refractivity contribution is 8.27. The molecule has 0 unspecified atom stereocenters. The fourth-order valence-electron chi connectivity index (χ4n) is 2.89. The van der Waals surface area contributed by atoms with E-state index < -0.39 is 5.91 Å². The molecule has 2 aliphatic rings. The summed E-state index contributed by atoms with van der Waals surface area (Å²) >= 11 is 7.50. The lowest BCUT2D eigenvalue weighted by atomic mass is 10.1. The van der Waals surface area contributed by atoms with E-state index in [0.29, 0.717) is 28.1 Å². The molecular weight excluding hydrogens is 420 g/mol. The summed E-state index contributed by atoms with van der Waals surface area (Å²) < 4.78 is 5.96. The molecule has 2 heterocycles. The summed E-state index contributed by atoms with van der Waals surface area (Å²) in [6.45, 7) is 4.39. The Morgan fingerprint density at radius 3 is 2.73 bits per heavy atom. The van der Waals surface area contributed by atoms with Crippen molar-refractivity contribution in [1.29, 1.82) is 5.41 Å². The number of amides is 1. The Hall–Kier alpha value is -2.90. The normalized spacial score (nSPS) is 17.3. The second-order valence-corrected chi connectivity index (χ2v) is 8.49. The van der Waals surface area contributed by atoms with E-state index in [4.69, 9.17) is 21.7 Å². The zero-order valence-electron chi connectivity index (χ0n) is 16.4. The van der Waals surface area contributed by atoms with Crippen LogP contribution in [0.1, 0.15) is 25.0 Å². The average Bonchev–Trinajstić information content (AvgIpc) is 3.16. The Bertz CT molecular complexity index is 1110. The number of hydrogen-bond acceptors (Lipinski definition) is 5. The van der Waals surface area contributed by atoms with Crippen LogP contribution < -0.4 is 4.74 Å². The smallest absolute Gasteiger partial charge is 0.283 e. The van der Waals surface area contributed by atoms with Gasteiger partial charge in [0.1, 0.15) is 17.4 Å². The van der Waals surface area contributed by atoms with Crippen molar-refractivity contribution in [3.8, 4) is 5.75 Å². The largest absolute Gasteiger partial charge is 0.488 e. The third-order valence-electron chi connectivity index (χ3n) is 4.47. The number of hydrogen-bond donors (Lipinski definition) is 1. The van der Waals surface area contributed by atoms with Crippen molar-refractivity contribution in [3.05, 3.63) is 70.3 Å². The monoisotopic (exact) mass is 438 g/mol. The van der Waals surface area contributed by atoms with Crippen LogP contribution in [0.25, 0.3) is 6.08 Å². The number of carbonyl (C=O) groups excluding carboxylic acids is 1. The van der Waals surface area contributed by atoms with Gasteiger partial charge in [-0.15, -0.1) is 0 Å². The molecule has 0 saturated carbocycles. The highest BCUT2D eigenvalue weighted by atomic mass is 35.5. The fourth-order valence-corrected chi connectivity index (χ4v) is 3.97. The summed E-state index contributed by atoms with van der Waals surface area (Å²) in [5.41, 5.74) is 1.76. The van der Waals surface area contributed by atoms with Crippen molar-refractivity contribution in [1.82, 2.24) is 5.01 Å². The van der Waals surface area contributed by atoms with Crippen LogP contribution in [0.5, 0.6) is 5.75 Å². The number of amidine groups is 2. The van der Waals surface area contributed by atoms with Crippen LogP contribution in [0.2, 0.25) is 5.02 Å². The number of thioether (sulfide) groups is 1. The number of rotatable bonds is 5. The number of nitrogens with zero attached hydrogens (tertiary/aromatic N) is 3. The molecular formula is C22H19ClN4O2S. The van der Waals surface area contributed by atoms with Crippen LogP contribution in [-0.4, -0.2) is 27.0 Å². The average molecular weight is 439 g/mol. The van der Waals surface area contributed by atoms with Crippen LogP contribution in [0.4, 0.5) is 0 Å². The van der Waals surface area contributed by atoms with E-state index in [9.17, 15) is 4.79 Å². The van der Waals surface area contributed by atoms with E-state index >= 15 is 0 Å². The Labute approximate surface area is 183 Å². The molecule has 8 heteroatoms. The Morgan fingerprint density at radius 1 is 1.23 bits per heavy atom. The molecule has 6 nitrogen and oxygen atoms in total. The van der Waals surface area contributed by atoms with E-state index in [-0.39, 0.29) is 17.3 Å². The summed E-state index contributed by atoms with van der Waals surface area (Å²) in [5.74, 6) is 0.257. The highest BCUT2D eigenvalue weighted by Crippen LogP contribution is 2.32. The summed E-state index contributed by atoms with van der Waals surface area (Å²) in [7, 11) is 0. The highest BCUT2D eigenvalue weighted by Gasteiger charge is 2.36. The van der Waals surface area contributed by atoms with Crippen LogP contribution in [0, 0.1) is 11.3 Å². The molecule has 1 N–H and O–H groups in total. The first-order valence-corrected chi connectivity index (χ1v) is 10.6. The molecule has 0 radical (unpaired) electrons. The van der Waals surface area contributed by atoms with Gasteiger partial charge in [-0.05, 0) is 41.6 Å². The third-order valence-corrected chi connectivity index (χ3v) is 5.92. The summed E-state index contributed by atoms with van der Waals surface area (Å²) in [4.78, 5) is 16.8. The van der Waals surface area contributed by atoms with Gasteiger partial charge < -0.3 is 4.74 Å². The predicted molar refractivity (Wildman–Crippen MR) is 122 cm³/mol. The molecule has 30 heavy (non-hydrogen) atoms. The van der Waals surface area contributed by atoms with E-state index in [1.807, 2.05) is 44.2 Å². The lowest BCUT2D eigenvalue weighted by Gasteiger charge is -2.20. The van der Waals surface area contributed by atoms with Crippen molar-refractivity contribution in [2.45, 2.75) is 20.5 Å². The second-order valence-electron chi connectivity index (χ2n) is 7.07. The Morgan fingerprint density at radius 2 is 2.00 bits per heavy atom. The molecule has 1 amide bonds. The van der Waals surface area contributed by atoms with Gasteiger partial charge in [-0.25, -0.2) is 0 Å². The maximum Gasteiger partial charge on any atom is 0.283 e. The molecule has 2 aromatic carbocycles. The van der Waals surface area contributed by atoms with Gasteiger partial charge in [0.05, 0.1) is 5.57 Å². The molecule has 0 aromatic heterocycles. The molecule has 0 fully saturated rings. The van der Waals surface area contributed by atoms with Crippen molar-refractivity contribution in [3.63, 3.8) is 0 Å². The Kier molecular flexibility index (Phi) is 5.74. The molecule has 2 aromatic rings. The van der Waals surface area contributed by atoms with Gasteiger partial charge in [-0.2, -0.15) is 15.1 Å². The van der Waals surface area contributed by atoms with Gasteiger partial charge in [0, 0.05) is 16.5 Å². The van der Waals surface area contributed by atoms with Crippen molar-refractivity contribution >= 4 is 51.4 Å². The van der Waals surface area contributed by atoms with E-state index in [1.54, 1.807) is 24.3 Å². The predicted octanol–water partition coefficient (Wildman–Crippen LogP) is 5.19. The van der Waals surface area contributed by atoms with E-state index in [1.165, 1.54) is 16.8 Å². The quantitative estimate of drug-likeness (QED) is 0.651. The zero-order valence-corrected chi connectivity index (χ0v) is 18.0. The van der Waals surface area contributed by atoms with Crippen LogP contribution in [0.15, 0.2) is 64.2 Å². The van der Waals surface area contributed by atoms with E-state index in [2.05, 4.69) is 10.1 Å². The number of benzene rings is 2. The fraction of sp³-hybridized carbons (Fsp3) is 0.182. The minimum atomic E-state index is -0.479. The standard InChI is InChI=1S/C22H19ClN4O2S/c1-13(2)21-26-27-19(24)17(20(28)25-22(27)30-21)11-15-10-16(23)8-9-18(15)29-12-14-6-4-3-5-7-14/h3-11,13,24H,12H2,1-2H3. The maximum atomic E-state index is 12.6. The maximum absolute atomic E-state index is 12.6. The van der Waals surface area contributed by atoms with Crippen LogP contribution in [0.3, 0.4) is 0 Å². The molecule has 0 spiro atoms. The van der Waals surface area contributed by atoms with Gasteiger partial charge in [0.25, 0.3) is 5.91 Å². The number of ether oxygens (including phenoxy) is 1. The van der Waals surface area contributed by atoms with Gasteiger partial charge in [0.15, 0.2) is 5.84 Å². The van der Waals surface area contributed by atoms with Gasteiger partial charge in [0.2, 0.25) is 5.17 Å². The van der Waals surface area contributed by atoms with Crippen LogP contribution >= 0.6 is 23.4 Å². The van der Waals surface area contributed by atoms with Crippen molar-refractivity contribution in [2.75, 3.05) is 0 Å². The number of fused-ring (bicyclic) bond motifs is 1. The first-order valence-electron chi connectivity index (χ1n) is 9.39.